The number of nitrogens with one attached hydrogen (secondary N) is 5. The van der Waals surface area contributed by atoms with Gasteiger partial charge in [0.1, 0.15) is 42.5 Å². The number of carbonyl (C=O) groups is 7. The first kappa shape index (κ1) is 40.4. The van der Waals surface area contributed by atoms with E-state index in [0.717, 1.165) is 34.6 Å². The lowest BCUT2D eigenvalue weighted by molar-refractivity contribution is -0.326. The molecule has 50 heavy (non-hydrogen) atoms. The highest BCUT2D eigenvalue weighted by atomic mass is 16.7. The van der Waals surface area contributed by atoms with E-state index in [1.54, 1.807) is 0 Å². The number of rotatable bonds is 11. The Bertz CT molecular complexity index is 1320. The smallest absolute Gasteiger partial charge is 0.335 e. The van der Waals surface area contributed by atoms with Gasteiger partial charge in [-0.25, -0.2) is 9.59 Å². The predicted octanol–water partition coefficient (Wildman–Crippen LogP) is -5.64. The molecule has 0 radical (unpaired) electrons. The molecule has 282 valence electrons. The zero-order chi connectivity index (χ0) is 37.8. The first-order valence-electron chi connectivity index (χ1n) is 15.4. The van der Waals surface area contributed by atoms with E-state index in [1.807, 2.05) is 0 Å². The predicted molar refractivity (Wildman–Crippen MR) is 159 cm³/mol. The summed E-state index contributed by atoms with van der Waals surface area (Å²) in [6.45, 7) is 6.67. The standard InChI is InChI=1S/C28H43N5O17/c1-7-18(39)20(17(26(45)46-7)33-12(6)38)47-28-16(32-11(5)37)14(30-9(3)35)21(23(50-28)25(43)44)48-27-15(31-10(4)36)13(29-8(2)34)19(40)22(49-27)24(41)42/h7,13-23,26-28,39-40,45H,1-6H3,(H,29,34)(H,30,35)(H,31,36)(H,32,37)(H,33,38)(H,41,42)(H,43,44)/t7-,13-,14-,15+,16+,17-,18+,19+,20-,21+,22-,23+,26+,27-,28-/m1/s1. The van der Waals surface area contributed by atoms with E-state index in [0.29, 0.717) is 0 Å². The number of amides is 5. The van der Waals surface area contributed by atoms with Crippen molar-refractivity contribution < 1.29 is 82.8 Å². The lowest BCUT2D eigenvalue weighted by Crippen LogP contribution is -2.74. The molecule has 3 aliphatic rings. The Labute approximate surface area is 284 Å². The van der Waals surface area contributed by atoms with Crippen molar-refractivity contribution in [2.24, 2.45) is 0 Å². The van der Waals surface area contributed by atoms with Gasteiger partial charge in [-0.2, -0.15) is 0 Å². The van der Waals surface area contributed by atoms with Gasteiger partial charge in [-0.1, -0.05) is 0 Å². The Balaban J connectivity index is 2.13. The molecule has 3 fully saturated rings. The number of carboxylic acids is 2. The summed E-state index contributed by atoms with van der Waals surface area (Å²) < 4.78 is 28.5. The first-order chi connectivity index (χ1) is 23.2. The summed E-state index contributed by atoms with van der Waals surface area (Å²) in [5.74, 6) is -7.23. The van der Waals surface area contributed by atoms with Gasteiger partial charge in [0.05, 0.1) is 18.2 Å². The maximum absolute atomic E-state index is 12.7. The number of aliphatic hydroxyl groups is 3. The molecule has 0 aliphatic carbocycles. The van der Waals surface area contributed by atoms with Crippen molar-refractivity contribution in [3.05, 3.63) is 0 Å². The zero-order valence-corrected chi connectivity index (χ0v) is 27.8. The van der Waals surface area contributed by atoms with Gasteiger partial charge >= 0.3 is 11.9 Å². The van der Waals surface area contributed by atoms with Crippen molar-refractivity contribution in [3.8, 4) is 0 Å². The molecule has 3 heterocycles. The highest BCUT2D eigenvalue weighted by Gasteiger charge is 2.57. The Morgan fingerprint density at radius 2 is 0.880 bits per heavy atom. The summed E-state index contributed by atoms with van der Waals surface area (Å²) in [5, 5.41) is 64.4. The van der Waals surface area contributed by atoms with Gasteiger partial charge in [-0.3, -0.25) is 24.0 Å². The van der Waals surface area contributed by atoms with E-state index in [2.05, 4.69) is 26.6 Å². The molecule has 15 atom stereocenters. The number of ether oxygens (including phenoxy) is 5. The summed E-state index contributed by atoms with van der Waals surface area (Å²) in [4.78, 5) is 86.0. The topological polar surface area (TPSA) is 327 Å². The van der Waals surface area contributed by atoms with Crippen molar-refractivity contribution in [2.75, 3.05) is 0 Å². The van der Waals surface area contributed by atoms with Crippen molar-refractivity contribution in [1.29, 1.82) is 0 Å². The summed E-state index contributed by atoms with van der Waals surface area (Å²) in [7, 11) is 0. The summed E-state index contributed by atoms with van der Waals surface area (Å²) in [6.07, 6.45) is -17.9. The molecule has 22 nitrogen and oxygen atoms in total. The Hall–Kier alpha value is -4.03. The van der Waals surface area contributed by atoms with Crippen molar-refractivity contribution in [3.63, 3.8) is 0 Å². The fraction of sp³-hybridized carbons (Fsp3) is 0.750. The van der Waals surface area contributed by atoms with Crippen LogP contribution in [0, 0.1) is 0 Å². The van der Waals surface area contributed by atoms with E-state index in [9.17, 15) is 59.1 Å². The van der Waals surface area contributed by atoms with Gasteiger partial charge < -0.3 is 75.8 Å². The minimum absolute atomic E-state index is 0.674. The summed E-state index contributed by atoms with van der Waals surface area (Å²) in [5.41, 5.74) is 0. The van der Waals surface area contributed by atoms with E-state index in [4.69, 9.17) is 23.7 Å². The second kappa shape index (κ2) is 16.8. The molecule has 3 rings (SSSR count). The van der Waals surface area contributed by atoms with Gasteiger partial charge in [0.15, 0.2) is 31.1 Å². The quantitative estimate of drug-likeness (QED) is 0.0950. The highest BCUT2D eigenvalue weighted by Crippen LogP contribution is 2.33. The van der Waals surface area contributed by atoms with Crippen LogP contribution in [-0.4, -0.2) is 159 Å². The first-order valence-corrected chi connectivity index (χ1v) is 15.4. The third-order valence-corrected chi connectivity index (χ3v) is 8.00. The third-order valence-electron chi connectivity index (χ3n) is 8.00. The van der Waals surface area contributed by atoms with Gasteiger partial charge in [0.2, 0.25) is 29.5 Å². The summed E-state index contributed by atoms with van der Waals surface area (Å²) in [6, 6.07) is -7.80. The maximum atomic E-state index is 12.7. The van der Waals surface area contributed by atoms with Crippen LogP contribution in [0.3, 0.4) is 0 Å². The second-order valence-corrected chi connectivity index (χ2v) is 12.1. The van der Waals surface area contributed by atoms with E-state index in [1.165, 1.54) is 6.92 Å². The number of carbonyl (C=O) groups excluding carboxylic acids is 5. The van der Waals surface area contributed by atoms with Crippen molar-refractivity contribution >= 4 is 41.5 Å². The number of hydrogen-bond donors (Lipinski definition) is 10. The Morgan fingerprint density at radius 1 is 0.500 bits per heavy atom. The van der Waals surface area contributed by atoms with Crippen LogP contribution >= 0.6 is 0 Å². The minimum Gasteiger partial charge on any atom is -0.479 e. The SMILES string of the molecule is CC(=O)N[C@@H]1[C@H](O[C@H]2[C@@H](O)[C@@H](C)O[C@H](O)[C@@H]2NC(C)=O)O[C@H](C(=O)O)[C@@H](O[C@@H]2O[C@@H](C(=O)O)[C@@H](O)[C@H](NC(C)=O)[C@@H]2NC(C)=O)[C@@H]1NC(C)=O. The molecular formula is C28H43N5O17. The fourth-order valence-electron chi connectivity index (χ4n) is 6.03. The highest BCUT2D eigenvalue weighted by molar-refractivity contribution is 5.78. The average Bonchev–Trinajstić information content (AvgIpc) is 2.97. The molecule has 3 saturated heterocycles. The summed E-state index contributed by atoms with van der Waals surface area (Å²) >= 11 is 0. The van der Waals surface area contributed by atoms with Crippen LogP contribution < -0.4 is 26.6 Å². The van der Waals surface area contributed by atoms with Crippen LogP contribution in [-0.2, 0) is 57.2 Å². The molecule has 0 bridgehead atoms. The molecule has 5 amide bonds. The Morgan fingerprint density at radius 3 is 1.34 bits per heavy atom. The van der Waals surface area contributed by atoms with Crippen molar-refractivity contribution in [2.45, 2.75) is 133 Å². The van der Waals surface area contributed by atoms with Gasteiger partial charge in [-0.05, 0) is 6.92 Å². The third kappa shape index (κ3) is 9.60. The lowest BCUT2D eigenvalue weighted by atomic mass is 9.91. The lowest BCUT2D eigenvalue weighted by Gasteiger charge is -2.50. The van der Waals surface area contributed by atoms with Crippen LogP contribution in [0.5, 0.6) is 0 Å². The number of aliphatic carboxylic acids is 2. The van der Waals surface area contributed by atoms with E-state index >= 15 is 0 Å². The van der Waals surface area contributed by atoms with Crippen LogP contribution in [0.1, 0.15) is 41.5 Å². The maximum Gasteiger partial charge on any atom is 0.335 e. The molecule has 0 saturated carbocycles. The molecule has 0 unspecified atom stereocenters. The average molecular weight is 722 g/mol. The monoisotopic (exact) mass is 721 g/mol. The molecule has 10 N–H and O–H groups in total. The molecule has 22 heteroatoms. The van der Waals surface area contributed by atoms with E-state index < -0.39 is 133 Å². The van der Waals surface area contributed by atoms with Gasteiger partial charge in [-0.15, -0.1) is 0 Å². The van der Waals surface area contributed by atoms with Crippen LogP contribution in [0.15, 0.2) is 0 Å². The number of carboxylic acid groups (broad SMARTS) is 2. The molecule has 0 spiro atoms. The normalized spacial score (nSPS) is 38.5. The molecule has 3 aliphatic heterocycles. The van der Waals surface area contributed by atoms with Crippen molar-refractivity contribution in [1.82, 2.24) is 26.6 Å². The molecule has 0 aromatic carbocycles. The minimum atomic E-state index is -2.16. The molecular weight excluding hydrogens is 678 g/mol. The largest absolute Gasteiger partial charge is 0.479 e. The van der Waals surface area contributed by atoms with E-state index in [-0.39, 0.29) is 0 Å². The Kier molecular flexibility index (Phi) is 13.6. The zero-order valence-electron chi connectivity index (χ0n) is 27.8. The van der Waals surface area contributed by atoms with Crippen LogP contribution in [0.2, 0.25) is 0 Å². The van der Waals surface area contributed by atoms with Gasteiger partial charge in [0, 0.05) is 34.6 Å². The second-order valence-electron chi connectivity index (χ2n) is 12.1. The molecule has 0 aromatic rings. The van der Waals surface area contributed by atoms with Gasteiger partial charge in [0.25, 0.3) is 0 Å². The van der Waals surface area contributed by atoms with Crippen LogP contribution in [0.4, 0.5) is 0 Å². The molecule has 0 aromatic heterocycles. The van der Waals surface area contributed by atoms with Crippen LogP contribution in [0.25, 0.3) is 0 Å². The number of aliphatic hydroxyl groups excluding tert-OH is 3. The number of hydrogen-bond acceptors (Lipinski definition) is 15. The fourth-order valence-corrected chi connectivity index (χ4v) is 6.03.